The highest BCUT2D eigenvalue weighted by atomic mass is 79.9. The van der Waals surface area contributed by atoms with E-state index in [0.29, 0.717) is 16.6 Å². The fourth-order valence-electron chi connectivity index (χ4n) is 1.35. The topological polar surface area (TPSA) is 51.8 Å². The molecule has 0 unspecified atom stereocenters. The molecule has 0 aliphatic heterocycles. The van der Waals surface area contributed by atoms with Crippen molar-refractivity contribution in [2.24, 2.45) is 5.92 Å². The number of nitrogens with zero attached hydrogens (tertiary/aromatic N) is 2. The number of aromatic nitrogens is 2. The quantitative estimate of drug-likeness (QED) is 0.933. The first-order valence-electron chi connectivity index (χ1n) is 5.06. The molecule has 17 heavy (non-hydrogen) atoms. The SMILES string of the molecule is CC(C)Cc1nc(CC(F)(F)F)nc(N)c1Br. The van der Waals surface area contributed by atoms with E-state index >= 15 is 0 Å². The summed E-state index contributed by atoms with van der Waals surface area (Å²) in [6, 6.07) is 0. The summed E-state index contributed by atoms with van der Waals surface area (Å²) in [5.41, 5.74) is 6.07. The molecule has 0 aliphatic rings. The average Bonchev–Trinajstić information content (AvgIpc) is 2.09. The summed E-state index contributed by atoms with van der Waals surface area (Å²) >= 11 is 3.19. The van der Waals surface area contributed by atoms with Crippen molar-refractivity contribution in [3.63, 3.8) is 0 Å². The molecule has 3 nitrogen and oxygen atoms in total. The summed E-state index contributed by atoms with van der Waals surface area (Å²) in [5.74, 6) is 0.0445. The average molecular weight is 312 g/mol. The Labute approximate surface area is 106 Å². The number of hydrogen-bond acceptors (Lipinski definition) is 3. The molecule has 1 aromatic heterocycles. The maximum absolute atomic E-state index is 12.2. The van der Waals surface area contributed by atoms with Crippen molar-refractivity contribution >= 4 is 21.7 Å². The third-order valence-corrected chi connectivity index (χ3v) is 2.82. The first-order chi connectivity index (χ1) is 7.69. The summed E-state index contributed by atoms with van der Waals surface area (Å²) in [6.07, 6.45) is -4.93. The Morgan fingerprint density at radius 3 is 2.35 bits per heavy atom. The molecule has 0 aromatic carbocycles. The van der Waals surface area contributed by atoms with Gasteiger partial charge in [-0.3, -0.25) is 0 Å². The molecule has 0 spiro atoms. The Morgan fingerprint density at radius 1 is 1.29 bits per heavy atom. The number of rotatable bonds is 3. The van der Waals surface area contributed by atoms with E-state index in [1.54, 1.807) is 0 Å². The number of nitrogen functional groups attached to an aromatic ring is 1. The molecule has 0 fully saturated rings. The van der Waals surface area contributed by atoms with Crippen LogP contribution in [0, 0.1) is 5.92 Å². The van der Waals surface area contributed by atoms with Gasteiger partial charge in [0, 0.05) is 0 Å². The van der Waals surface area contributed by atoms with Gasteiger partial charge in [0.1, 0.15) is 18.1 Å². The molecule has 0 radical (unpaired) electrons. The first-order valence-corrected chi connectivity index (χ1v) is 5.86. The summed E-state index contributed by atoms with van der Waals surface area (Å²) in [6.45, 7) is 3.91. The molecule has 0 aliphatic carbocycles. The normalized spacial score (nSPS) is 12.2. The third-order valence-electron chi connectivity index (χ3n) is 1.95. The van der Waals surface area contributed by atoms with Gasteiger partial charge in [0.2, 0.25) is 0 Å². The van der Waals surface area contributed by atoms with Gasteiger partial charge in [-0.05, 0) is 28.3 Å². The minimum atomic E-state index is -4.32. The molecule has 0 atom stereocenters. The number of alkyl halides is 3. The van der Waals surface area contributed by atoms with Crippen LogP contribution in [-0.4, -0.2) is 16.1 Å². The molecule has 7 heteroatoms. The van der Waals surface area contributed by atoms with Crippen LogP contribution in [-0.2, 0) is 12.8 Å². The Morgan fingerprint density at radius 2 is 1.88 bits per heavy atom. The number of nitrogens with two attached hydrogens (primary N) is 1. The van der Waals surface area contributed by atoms with Crippen LogP contribution in [0.1, 0.15) is 25.4 Å². The van der Waals surface area contributed by atoms with E-state index in [0.717, 1.165) is 0 Å². The minimum absolute atomic E-state index is 0.0508. The van der Waals surface area contributed by atoms with E-state index in [-0.39, 0.29) is 17.6 Å². The van der Waals surface area contributed by atoms with Crippen LogP contribution in [0.15, 0.2) is 4.47 Å². The Balaban J connectivity index is 3.06. The van der Waals surface area contributed by atoms with Crippen molar-refractivity contribution < 1.29 is 13.2 Å². The maximum Gasteiger partial charge on any atom is 0.396 e. The molecule has 0 amide bonds. The summed E-state index contributed by atoms with van der Waals surface area (Å²) < 4.78 is 37.2. The lowest BCUT2D eigenvalue weighted by molar-refractivity contribution is -0.128. The second-order valence-corrected chi connectivity index (χ2v) is 4.97. The largest absolute Gasteiger partial charge is 0.396 e. The van der Waals surface area contributed by atoms with E-state index in [9.17, 15) is 13.2 Å². The standard InChI is InChI=1S/C10H13BrF3N3/c1-5(2)3-6-8(11)9(15)17-7(16-6)4-10(12,13)14/h5H,3-4H2,1-2H3,(H2,15,16,17). The van der Waals surface area contributed by atoms with Crippen LogP contribution in [0.5, 0.6) is 0 Å². The third kappa shape index (κ3) is 4.49. The van der Waals surface area contributed by atoms with Gasteiger partial charge in [0.15, 0.2) is 0 Å². The Kier molecular flexibility index (Phi) is 4.35. The lowest BCUT2D eigenvalue weighted by Crippen LogP contribution is -2.16. The second kappa shape index (κ2) is 5.20. The second-order valence-electron chi connectivity index (χ2n) is 4.18. The minimum Gasteiger partial charge on any atom is -0.383 e. The van der Waals surface area contributed by atoms with Crippen molar-refractivity contribution in [3.05, 3.63) is 16.0 Å². The summed E-state index contributed by atoms with van der Waals surface area (Å²) in [5, 5.41) is 0. The smallest absolute Gasteiger partial charge is 0.383 e. The lowest BCUT2D eigenvalue weighted by atomic mass is 10.1. The van der Waals surface area contributed by atoms with Gasteiger partial charge >= 0.3 is 6.18 Å². The van der Waals surface area contributed by atoms with Crippen molar-refractivity contribution in [2.75, 3.05) is 5.73 Å². The fraction of sp³-hybridized carbons (Fsp3) is 0.600. The lowest BCUT2D eigenvalue weighted by Gasteiger charge is -2.11. The predicted octanol–water partition coefficient (Wildman–Crippen LogP) is 3.12. The molecule has 2 N–H and O–H groups in total. The number of anilines is 1. The van der Waals surface area contributed by atoms with Crippen LogP contribution < -0.4 is 5.73 Å². The van der Waals surface area contributed by atoms with Gasteiger partial charge in [-0.1, -0.05) is 13.8 Å². The molecule has 0 bridgehead atoms. The van der Waals surface area contributed by atoms with Gasteiger partial charge in [-0.15, -0.1) is 0 Å². The van der Waals surface area contributed by atoms with E-state index < -0.39 is 12.6 Å². The van der Waals surface area contributed by atoms with Crippen molar-refractivity contribution in [2.45, 2.75) is 32.9 Å². The van der Waals surface area contributed by atoms with E-state index in [1.165, 1.54) is 0 Å². The van der Waals surface area contributed by atoms with E-state index in [1.807, 2.05) is 13.8 Å². The molecular weight excluding hydrogens is 299 g/mol. The zero-order valence-corrected chi connectivity index (χ0v) is 11.1. The zero-order valence-electron chi connectivity index (χ0n) is 9.48. The zero-order chi connectivity index (χ0) is 13.2. The molecular formula is C10H13BrF3N3. The van der Waals surface area contributed by atoms with Gasteiger partial charge in [-0.25, -0.2) is 9.97 Å². The maximum atomic E-state index is 12.2. The Hall–Kier alpha value is -0.850. The molecule has 0 saturated carbocycles. The highest BCUT2D eigenvalue weighted by molar-refractivity contribution is 9.10. The van der Waals surface area contributed by atoms with Crippen molar-refractivity contribution in [1.82, 2.24) is 9.97 Å². The molecule has 1 aromatic rings. The first kappa shape index (κ1) is 14.2. The Bertz CT molecular complexity index is 405. The number of hydrogen-bond donors (Lipinski definition) is 1. The van der Waals surface area contributed by atoms with Crippen LogP contribution in [0.2, 0.25) is 0 Å². The predicted molar refractivity (Wildman–Crippen MR) is 62.4 cm³/mol. The van der Waals surface area contributed by atoms with Crippen LogP contribution >= 0.6 is 15.9 Å². The van der Waals surface area contributed by atoms with E-state index in [4.69, 9.17) is 5.73 Å². The highest BCUT2D eigenvalue weighted by Gasteiger charge is 2.30. The summed E-state index contributed by atoms with van der Waals surface area (Å²) in [7, 11) is 0. The van der Waals surface area contributed by atoms with Crippen LogP contribution in [0.3, 0.4) is 0 Å². The number of halogens is 4. The molecule has 96 valence electrons. The van der Waals surface area contributed by atoms with Crippen molar-refractivity contribution in [3.8, 4) is 0 Å². The fourth-order valence-corrected chi connectivity index (χ4v) is 1.69. The highest BCUT2D eigenvalue weighted by Crippen LogP contribution is 2.26. The van der Waals surface area contributed by atoms with Gasteiger partial charge in [0.05, 0.1) is 10.2 Å². The summed E-state index contributed by atoms with van der Waals surface area (Å²) in [4.78, 5) is 7.53. The molecule has 1 heterocycles. The molecule has 1 rings (SSSR count). The monoisotopic (exact) mass is 311 g/mol. The van der Waals surface area contributed by atoms with Gasteiger partial charge in [-0.2, -0.15) is 13.2 Å². The van der Waals surface area contributed by atoms with Crippen LogP contribution in [0.4, 0.5) is 19.0 Å². The van der Waals surface area contributed by atoms with Gasteiger partial charge < -0.3 is 5.73 Å². The van der Waals surface area contributed by atoms with Crippen molar-refractivity contribution in [1.29, 1.82) is 0 Å². The van der Waals surface area contributed by atoms with Gasteiger partial charge in [0.25, 0.3) is 0 Å². The molecule has 0 saturated heterocycles. The van der Waals surface area contributed by atoms with Crippen LogP contribution in [0.25, 0.3) is 0 Å². The van der Waals surface area contributed by atoms with E-state index in [2.05, 4.69) is 25.9 Å².